The lowest BCUT2D eigenvalue weighted by Gasteiger charge is -2.33. The Morgan fingerprint density at radius 3 is 1.98 bits per heavy atom. The van der Waals surface area contributed by atoms with Crippen molar-refractivity contribution in [1.29, 1.82) is 0 Å². The SMILES string of the molecule is CCC(C(=O)NC(C)C)N(Cc1ccc(OC)cc1)C(=O)CN(c1cc(C)cc(C)c1)S(=O)(=O)c1ccc(C)cc1. The highest BCUT2D eigenvalue weighted by molar-refractivity contribution is 7.92. The molecule has 1 N–H and O–H groups in total. The lowest BCUT2D eigenvalue weighted by molar-refractivity contribution is -0.140. The van der Waals surface area contributed by atoms with Gasteiger partial charge in [0.1, 0.15) is 18.3 Å². The van der Waals surface area contributed by atoms with Gasteiger partial charge in [-0.15, -0.1) is 0 Å². The summed E-state index contributed by atoms with van der Waals surface area (Å²) in [5, 5.41) is 2.91. The zero-order valence-corrected chi connectivity index (χ0v) is 25.8. The van der Waals surface area contributed by atoms with E-state index < -0.39 is 28.5 Å². The van der Waals surface area contributed by atoms with Crippen LogP contribution in [0.15, 0.2) is 71.6 Å². The van der Waals surface area contributed by atoms with Gasteiger partial charge in [0.2, 0.25) is 11.8 Å². The summed E-state index contributed by atoms with van der Waals surface area (Å²) in [4.78, 5) is 29.0. The minimum absolute atomic E-state index is 0.0846. The average Bonchev–Trinajstić information content (AvgIpc) is 2.91. The standard InChI is InChI=1S/C32H41N3O5S/c1-8-30(32(37)33-22(2)3)34(20-26-11-13-28(40-7)14-12-26)31(36)21-35(27-18-24(5)17-25(6)19-27)41(38,39)29-15-9-23(4)10-16-29/h9-19,22,30H,8,20-21H2,1-7H3,(H,33,37). The lowest BCUT2D eigenvalue weighted by Crippen LogP contribution is -2.53. The van der Waals surface area contributed by atoms with Gasteiger partial charge in [0.05, 0.1) is 17.7 Å². The van der Waals surface area contributed by atoms with E-state index in [0.29, 0.717) is 17.9 Å². The third kappa shape index (κ3) is 8.10. The molecule has 0 aliphatic rings. The number of methoxy groups -OCH3 is 1. The molecule has 0 spiro atoms. The Kier molecular flexibility index (Phi) is 10.6. The van der Waals surface area contributed by atoms with E-state index in [-0.39, 0.29) is 23.4 Å². The van der Waals surface area contributed by atoms with Crippen LogP contribution in [0.4, 0.5) is 5.69 Å². The van der Waals surface area contributed by atoms with Gasteiger partial charge in [0.15, 0.2) is 0 Å². The molecule has 1 unspecified atom stereocenters. The van der Waals surface area contributed by atoms with Gasteiger partial charge >= 0.3 is 0 Å². The number of aryl methyl sites for hydroxylation is 3. The van der Waals surface area contributed by atoms with Gasteiger partial charge in [0.25, 0.3) is 10.0 Å². The van der Waals surface area contributed by atoms with Gasteiger partial charge in [-0.2, -0.15) is 0 Å². The molecule has 41 heavy (non-hydrogen) atoms. The van der Waals surface area contributed by atoms with Crippen LogP contribution in [0.2, 0.25) is 0 Å². The fourth-order valence-electron chi connectivity index (χ4n) is 4.69. The second-order valence-electron chi connectivity index (χ2n) is 10.6. The van der Waals surface area contributed by atoms with Crippen molar-refractivity contribution in [2.24, 2.45) is 0 Å². The minimum Gasteiger partial charge on any atom is -0.497 e. The fourth-order valence-corrected chi connectivity index (χ4v) is 6.09. The number of anilines is 1. The number of amides is 2. The first kappa shape index (κ1) is 31.7. The maximum absolute atomic E-state index is 14.2. The largest absolute Gasteiger partial charge is 0.497 e. The van der Waals surface area contributed by atoms with Gasteiger partial charge in [0, 0.05) is 12.6 Å². The van der Waals surface area contributed by atoms with Crippen LogP contribution in [-0.2, 0) is 26.2 Å². The number of sulfonamides is 1. The normalized spacial score (nSPS) is 12.1. The molecular weight excluding hydrogens is 538 g/mol. The topological polar surface area (TPSA) is 96.0 Å². The van der Waals surface area contributed by atoms with E-state index in [1.54, 1.807) is 55.6 Å². The summed E-state index contributed by atoms with van der Waals surface area (Å²) in [5.74, 6) is -0.105. The number of nitrogens with zero attached hydrogens (tertiary/aromatic N) is 2. The summed E-state index contributed by atoms with van der Waals surface area (Å²) in [5.41, 5.74) is 3.84. The maximum Gasteiger partial charge on any atom is 0.264 e. The highest BCUT2D eigenvalue weighted by Gasteiger charge is 2.34. The summed E-state index contributed by atoms with van der Waals surface area (Å²) in [6.07, 6.45) is 0.356. The van der Waals surface area contributed by atoms with E-state index in [1.807, 2.05) is 59.7 Å². The average molecular weight is 580 g/mol. The molecule has 2 amide bonds. The molecule has 3 rings (SSSR count). The van der Waals surface area contributed by atoms with Crippen molar-refractivity contribution >= 4 is 27.5 Å². The van der Waals surface area contributed by atoms with Crippen LogP contribution in [0.1, 0.15) is 49.4 Å². The number of carbonyl (C=O) groups excluding carboxylic acids is 2. The van der Waals surface area contributed by atoms with Crippen molar-refractivity contribution in [2.75, 3.05) is 18.0 Å². The van der Waals surface area contributed by atoms with E-state index in [4.69, 9.17) is 4.74 Å². The van der Waals surface area contributed by atoms with Crippen molar-refractivity contribution < 1.29 is 22.7 Å². The number of nitrogens with one attached hydrogen (secondary N) is 1. The van der Waals surface area contributed by atoms with E-state index in [2.05, 4.69) is 5.32 Å². The number of ether oxygens (including phenoxy) is 1. The van der Waals surface area contributed by atoms with E-state index in [9.17, 15) is 18.0 Å². The van der Waals surface area contributed by atoms with Gasteiger partial charge in [-0.05, 0) is 94.1 Å². The molecule has 0 aromatic heterocycles. The number of carbonyl (C=O) groups is 2. The van der Waals surface area contributed by atoms with Crippen molar-refractivity contribution in [1.82, 2.24) is 10.2 Å². The van der Waals surface area contributed by atoms with Crippen molar-refractivity contribution in [3.05, 3.63) is 89.0 Å². The van der Waals surface area contributed by atoms with Crippen molar-refractivity contribution in [3.63, 3.8) is 0 Å². The van der Waals surface area contributed by atoms with Gasteiger partial charge in [-0.3, -0.25) is 13.9 Å². The maximum atomic E-state index is 14.2. The Morgan fingerprint density at radius 1 is 0.878 bits per heavy atom. The molecule has 3 aromatic rings. The number of rotatable bonds is 12. The Bertz CT molecular complexity index is 1430. The molecule has 9 heteroatoms. The molecule has 8 nitrogen and oxygen atoms in total. The molecule has 0 saturated carbocycles. The molecule has 0 fully saturated rings. The number of benzene rings is 3. The molecule has 220 valence electrons. The van der Waals surface area contributed by atoms with Crippen LogP contribution in [0.3, 0.4) is 0 Å². The first-order valence-corrected chi connectivity index (χ1v) is 15.2. The predicted molar refractivity (Wildman–Crippen MR) is 163 cm³/mol. The molecule has 1 atom stereocenters. The second kappa shape index (κ2) is 13.7. The van der Waals surface area contributed by atoms with Crippen molar-refractivity contribution in [2.45, 2.75) is 71.5 Å². The third-order valence-electron chi connectivity index (χ3n) is 6.71. The number of hydrogen-bond acceptors (Lipinski definition) is 5. The summed E-state index contributed by atoms with van der Waals surface area (Å²) in [7, 11) is -2.54. The van der Waals surface area contributed by atoms with Gasteiger partial charge in [-0.1, -0.05) is 42.8 Å². The monoisotopic (exact) mass is 579 g/mol. The van der Waals surface area contributed by atoms with Crippen molar-refractivity contribution in [3.8, 4) is 5.75 Å². The highest BCUT2D eigenvalue weighted by Crippen LogP contribution is 2.27. The van der Waals surface area contributed by atoms with Gasteiger partial charge in [-0.25, -0.2) is 8.42 Å². The van der Waals surface area contributed by atoms with Crippen LogP contribution in [0, 0.1) is 20.8 Å². The van der Waals surface area contributed by atoms with Crippen LogP contribution >= 0.6 is 0 Å². The molecular formula is C32H41N3O5S. The first-order valence-electron chi connectivity index (χ1n) is 13.8. The molecule has 0 aliphatic carbocycles. The van der Waals surface area contributed by atoms with Crippen LogP contribution in [-0.4, -0.2) is 50.9 Å². The van der Waals surface area contributed by atoms with Crippen LogP contribution in [0.25, 0.3) is 0 Å². The molecule has 0 saturated heterocycles. The van der Waals surface area contributed by atoms with Crippen LogP contribution < -0.4 is 14.4 Å². The van der Waals surface area contributed by atoms with Gasteiger partial charge < -0.3 is 15.0 Å². The molecule has 0 radical (unpaired) electrons. The summed E-state index contributed by atoms with van der Waals surface area (Å²) in [6, 6.07) is 18.3. The molecule has 3 aromatic carbocycles. The minimum atomic E-state index is -4.12. The quantitative estimate of drug-likeness (QED) is 0.320. The Hall–Kier alpha value is -3.85. The smallest absolute Gasteiger partial charge is 0.264 e. The Balaban J connectivity index is 2.09. The molecule has 0 bridgehead atoms. The fraction of sp³-hybridized carbons (Fsp3) is 0.375. The predicted octanol–water partition coefficient (Wildman–Crippen LogP) is 5.15. The van der Waals surface area contributed by atoms with E-state index >= 15 is 0 Å². The highest BCUT2D eigenvalue weighted by atomic mass is 32.2. The zero-order valence-electron chi connectivity index (χ0n) is 25.0. The Labute approximate surface area is 244 Å². The Morgan fingerprint density at radius 2 is 1.46 bits per heavy atom. The van der Waals surface area contributed by atoms with E-state index in [1.165, 1.54) is 4.90 Å². The molecule has 0 aliphatic heterocycles. The second-order valence-corrected chi connectivity index (χ2v) is 12.5. The molecule has 0 heterocycles. The summed E-state index contributed by atoms with van der Waals surface area (Å²) in [6.45, 7) is 10.9. The summed E-state index contributed by atoms with van der Waals surface area (Å²) < 4.78 is 34.5. The lowest BCUT2D eigenvalue weighted by atomic mass is 10.1. The summed E-state index contributed by atoms with van der Waals surface area (Å²) >= 11 is 0. The van der Waals surface area contributed by atoms with E-state index in [0.717, 1.165) is 26.6 Å². The zero-order chi connectivity index (χ0) is 30.3. The third-order valence-corrected chi connectivity index (χ3v) is 8.50. The first-order chi connectivity index (χ1) is 19.3. The number of hydrogen-bond donors (Lipinski definition) is 1. The van der Waals surface area contributed by atoms with Crippen LogP contribution in [0.5, 0.6) is 5.75 Å².